The number of aryl methyl sites for hydroxylation is 2. The third-order valence-corrected chi connectivity index (χ3v) is 5.47. The Hall–Kier alpha value is -2.33. The maximum atomic E-state index is 4.78. The largest absolute Gasteiger partial charge is 0.360 e. The van der Waals surface area contributed by atoms with Crippen LogP contribution in [-0.4, -0.2) is 35.6 Å². The SMILES string of the molecule is Cc1ccc2nc(C[NH+]3CCN(c4cccc(C)c4C)CC3)cn2c1. The number of pyridine rings is 1. The van der Waals surface area contributed by atoms with Gasteiger partial charge in [-0.3, -0.25) is 0 Å². The van der Waals surface area contributed by atoms with Crippen molar-refractivity contribution >= 4 is 11.3 Å². The van der Waals surface area contributed by atoms with Crippen LogP contribution in [0.3, 0.4) is 0 Å². The minimum Gasteiger partial charge on any atom is -0.360 e. The lowest BCUT2D eigenvalue weighted by Crippen LogP contribution is -3.13. The number of fused-ring (bicyclic) bond motifs is 1. The van der Waals surface area contributed by atoms with E-state index in [0.29, 0.717) is 0 Å². The fourth-order valence-electron chi connectivity index (χ4n) is 3.82. The molecule has 1 saturated heterocycles. The van der Waals surface area contributed by atoms with Crippen molar-refractivity contribution in [2.75, 3.05) is 31.1 Å². The number of rotatable bonds is 3. The summed E-state index contributed by atoms with van der Waals surface area (Å²) in [5.41, 5.74) is 7.72. The highest BCUT2D eigenvalue weighted by atomic mass is 15.3. The molecule has 0 bridgehead atoms. The second-order valence-corrected chi connectivity index (χ2v) is 7.34. The summed E-state index contributed by atoms with van der Waals surface area (Å²) in [6.45, 7) is 12.1. The highest BCUT2D eigenvalue weighted by molar-refractivity contribution is 5.56. The number of imidazole rings is 1. The minimum absolute atomic E-state index is 1.02. The first kappa shape index (κ1) is 16.2. The molecule has 1 aromatic carbocycles. The Bertz CT molecular complexity index is 888. The molecule has 1 N–H and O–H groups in total. The molecule has 1 fully saturated rings. The number of piperazine rings is 1. The highest BCUT2D eigenvalue weighted by Crippen LogP contribution is 2.22. The number of aromatic nitrogens is 2. The topological polar surface area (TPSA) is 25.0 Å². The molecule has 0 unspecified atom stereocenters. The van der Waals surface area contributed by atoms with E-state index in [4.69, 9.17) is 4.98 Å². The molecular weight excluding hydrogens is 308 g/mol. The lowest BCUT2D eigenvalue weighted by Gasteiger charge is -2.34. The van der Waals surface area contributed by atoms with Gasteiger partial charge in [0.15, 0.2) is 0 Å². The Morgan fingerprint density at radius 2 is 1.80 bits per heavy atom. The van der Waals surface area contributed by atoms with Crippen LogP contribution in [0.25, 0.3) is 5.65 Å². The zero-order valence-electron chi connectivity index (χ0n) is 15.4. The van der Waals surface area contributed by atoms with Crippen molar-refractivity contribution in [3.8, 4) is 0 Å². The smallest absolute Gasteiger partial charge is 0.137 e. The van der Waals surface area contributed by atoms with Crippen LogP contribution in [0.15, 0.2) is 42.7 Å². The van der Waals surface area contributed by atoms with E-state index in [1.54, 1.807) is 4.90 Å². The molecule has 4 heteroatoms. The Kier molecular flexibility index (Phi) is 4.22. The molecule has 1 aliphatic rings. The number of benzene rings is 1. The average molecular weight is 335 g/mol. The van der Waals surface area contributed by atoms with E-state index in [9.17, 15) is 0 Å². The Labute approximate surface area is 149 Å². The molecule has 3 aromatic rings. The van der Waals surface area contributed by atoms with Crippen LogP contribution in [0.4, 0.5) is 5.69 Å². The molecule has 0 aliphatic carbocycles. The maximum absolute atomic E-state index is 4.78. The predicted molar refractivity (Wildman–Crippen MR) is 102 cm³/mol. The van der Waals surface area contributed by atoms with Crippen LogP contribution in [-0.2, 0) is 6.54 Å². The van der Waals surface area contributed by atoms with Gasteiger partial charge in [-0.15, -0.1) is 0 Å². The van der Waals surface area contributed by atoms with E-state index in [1.165, 1.54) is 41.2 Å². The van der Waals surface area contributed by atoms with Gasteiger partial charge in [0.1, 0.15) is 17.9 Å². The summed E-state index contributed by atoms with van der Waals surface area (Å²) in [5.74, 6) is 0. The van der Waals surface area contributed by atoms with Gasteiger partial charge in [0.2, 0.25) is 0 Å². The standard InChI is InChI=1S/C21H26N4/c1-16-7-8-21-22-19(15-25(21)13-16)14-23-9-11-24(12-10-23)20-6-4-5-17(2)18(20)3/h4-8,13,15H,9-12,14H2,1-3H3/p+1. The predicted octanol–water partition coefficient (Wildman–Crippen LogP) is 2.16. The van der Waals surface area contributed by atoms with Crippen LogP contribution in [0, 0.1) is 20.8 Å². The molecule has 3 heterocycles. The monoisotopic (exact) mass is 335 g/mol. The van der Waals surface area contributed by atoms with Crippen molar-refractivity contribution in [3.05, 3.63) is 65.1 Å². The van der Waals surface area contributed by atoms with E-state index < -0.39 is 0 Å². The number of hydrogen-bond donors (Lipinski definition) is 1. The van der Waals surface area contributed by atoms with Crippen molar-refractivity contribution in [3.63, 3.8) is 0 Å². The third-order valence-electron chi connectivity index (χ3n) is 5.47. The van der Waals surface area contributed by atoms with E-state index in [-0.39, 0.29) is 0 Å². The molecule has 2 aromatic heterocycles. The van der Waals surface area contributed by atoms with Gasteiger partial charge in [-0.05, 0) is 49.6 Å². The summed E-state index contributed by atoms with van der Waals surface area (Å²) in [5, 5.41) is 0. The molecule has 130 valence electrons. The first-order valence-electron chi connectivity index (χ1n) is 9.19. The van der Waals surface area contributed by atoms with E-state index in [2.05, 4.69) is 72.8 Å². The van der Waals surface area contributed by atoms with Gasteiger partial charge >= 0.3 is 0 Å². The Morgan fingerprint density at radius 3 is 2.60 bits per heavy atom. The first-order chi connectivity index (χ1) is 12.1. The number of nitrogens with zero attached hydrogens (tertiary/aromatic N) is 3. The Balaban J connectivity index is 1.42. The fourth-order valence-corrected chi connectivity index (χ4v) is 3.82. The lowest BCUT2D eigenvalue weighted by molar-refractivity contribution is -0.914. The number of nitrogens with one attached hydrogen (secondary N) is 1. The van der Waals surface area contributed by atoms with Crippen molar-refractivity contribution in [2.24, 2.45) is 0 Å². The van der Waals surface area contributed by atoms with Gasteiger partial charge in [0.25, 0.3) is 0 Å². The van der Waals surface area contributed by atoms with E-state index in [1.807, 2.05) is 0 Å². The second-order valence-electron chi connectivity index (χ2n) is 7.34. The summed E-state index contributed by atoms with van der Waals surface area (Å²) in [6, 6.07) is 10.9. The van der Waals surface area contributed by atoms with Gasteiger partial charge in [-0.25, -0.2) is 4.98 Å². The quantitative estimate of drug-likeness (QED) is 0.793. The molecule has 0 spiro atoms. The summed E-state index contributed by atoms with van der Waals surface area (Å²) < 4.78 is 2.15. The first-order valence-corrected chi connectivity index (χ1v) is 9.19. The molecule has 1 aliphatic heterocycles. The lowest BCUT2D eigenvalue weighted by atomic mass is 10.1. The van der Waals surface area contributed by atoms with Gasteiger partial charge in [-0.2, -0.15) is 0 Å². The Morgan fingerprint density at radius 1 is 1.00 bits per heavy atom. The summed E-state index contributed by atoms with van der Waals surface area (Å²) in [7, 11) is 0. The fraction of sp³-hybridized carbons (Fsp3) is 0.381. The summed E-state index contributed by atoms with van der Waals surface area (Å²) in [6.07, 6.45) is 4.34. The van der Waals surface area contributed by atoms with Crippen LogP contribution < -0.4 is 9.80 Å². The van der Waals surface area contributed by atoms with Crippen LogP contribution in [0.1, 0.15) is 22.4 Å². The van der Waals surface area contributed by atoms with E-state index in [0.717, 1.165) is 25.3 Å². The van der Waals surface area contributed by atoms with E-state index >= 15 is 0 Å². The average Bonchev–Trinajstić information content (AvgIpc) is 2.99. The number of quaternary nitrogens is 1. The molecular formula is C21H27N4+. The maximum Gasteiger partial charge on any atom is 0.137 e. The molecule has 4 nitrogen and oxygen atoms in total. The van der Waals surface area contributed by atoms with Gasteiger partial charge in [0.05, 0.1) is 26.2 Å². The van der Waals surface area contributed by atoms with Gasteiger partial charge in [-0.1, -0.05) is 18.2 Å². The number of hydrogen-bond acceptors (Lipinski definition) is 2. The zero-order chi connectivity index (χ0) is 17.4. The summed E-state index contributed by atoms with van der Waals surface area (Å²) >= 11 is 0. The second kappa shape index (κ2) is 6.52. The van der Waals surface area contributed by atoms with Crippen LogP contribution >= 0.6 is 0 Å². The van der Waals surface area contributed by atoms with Crippen molar-refractivity contribution < 1.29 is 4.90 Å². The molecule has 0 saturated carbocycles. The van der Waals surface area contributed by atoms with Crippen LogP contribution in [0.5, 0.6) is 0 Å². The highest BCUT2D eigenvalue weighted by Gasteiger charge is 2.22. The summed E-state index contributed by atoms with van der Waals surface area (Å²) in [4.78, 5) is 8.95. The van der Waals surface area contributed by atoms with Crippen molar-refractivity contribution in [1.82, 2.24) is 9.38 Å². The zero-order valence-corrected chi connectivity index (χ0v) is 15.4. The van der Waals surface area contributed by atoms with Gasteiger partial charge < -0.3 is 14.2 Å². The third kappa shape index (κ3) is 3.27. The molecule has 0 radical (unpaired) electrons. The normalized spacial score (nSPS) is 15.9. The molecule has 4 rings (SSSR count). The minimum atomic E-state index is 1.02. The molecule has 25 heavy (non-hydrogen) atoms. The van der Waals surface area contributed by atoms with Gasteiger partial charge in [0, 0.05) is 18.1 Å². The van der Waals surface area contributed by atoms with Crippen molar-refractivity contribution in [2.45, 2.75) is 27.3 Å². The van der Waals surface area contributed by atoms with Crippen LogP contribution in [0.2, 0.25) is 0 Å². The molecule has 0 amide bonds. The molecule has 0 atom stereocenters. The number of anilines is 1. The van der Waals surface area contributed by atoms with Crippen molar-refractivity contribution in [1.29, 1.82) is 0 Å².